The summed E-state index contributed by atoms with van der Waals surface area (Å²) in [6.45, 7) is 2.06. The van der Waals surface area contributed by atoms with E-state index in [1.165, 1.54) is 0 Å². The summed E-state index contributed by atoms with van der Waals surface area (Å²) in [5, 5.41) is 3.70. The van der Waals surface area contributed by atoms with Crippen molar-refractivity contribution >= 4 is 0 Å². The van der Waals surface area contributed by atoms with Gasteiger partial charge >= 0.3 is 0 Å². The van der Waals surface area contributed by atoms with E-state index in [0.29, 0.717) is 0 Å². The van der Waals surface area contributed by atoms with Gasteiger partial charge in [0.05, 0.1) is 6.04 Å². The largest absolute Gasteiger partial charge is 0.337 e. The second kappa shape index (κ2) is 5.88. The Hall–Kier alpha value is -1.82. The molecule has 1 aromatic carbocycles. The fraction of sp³-hybridized carbons (Fsp3) is 0.385. The zero-order valence-electron chi connectivity index (χ0n) is 10.6. The molecule has 0 saturated heterocycles. The van der Waals surface area contributed by atoms with Crippen molar-refractivity contribution in [3.8, 4) is 11.4 Å². The minimum absolute atomic E-state index is 0.139. The molecule has 2 aromatic rings. The van der Waals surface area contributed by atoms with E-state index in [1.54, 1.807) is 0 Å². The molecule has 1 atom stereocenters. The lowest BCUT2D eigenvalue weighted by molar-refractivity contribution is 0.346. The van der Waals surface area contributed by atoms with Crippen molar-refractivity contribution in [1.29, 1.82) is 0 Å². The van der Waals surface area contributed by atoms with E-state index in [2.05, 4.69) is 17.1 Å². The fourth-order valence-corrected chi connectivity index (χ4v) is 1.73. The highest BCUT2D eigenvalue weighted by molar-refractivity contribution is 5.54. The van der Waals surface area contributed by atoms with Gasteiger partial charge in [0.25, 0.3) is 0 Å². The molecule has 0 fully saturated rings. The lowest BCUT2D eigenvalue weighted by atomic mass is 10.1. The van der Waals surface area contributed by atoms with Crippen molar-refractivity contribution in [2.24, 2.45) is 5.73 Å². The van der Waals surface area contributed by atoms with Crippen LogP contribution in [0.3, 0.4) is 0 Å². The van der Waals surface area contributed by atoms with E-state index >= 15 is 0 Å². The van der Waals surface area contributed by atoms with Gasteiger partial charge in [0.1, 0.15) is 11.6 Å². The third kappa shape index (κ3) is 3.35. The van der Waals surface area contributed by atoms with Crippen LogP contribution in [0.1, 0.15) is 38.1 Å². The molecule has 2 N–H and O–H groups in total. The predicted octanol–water partition coefficient (Wildman–Crippen LogP) is 3.20. The number of halogens is 2. The normalized spacial score (nSPS) is 12.6. The number of nitrogens with zero attached hydrogens (tertiary/aromatic N) is 2. The first-order chi connectivity index (χ1) is 9.10. The Morgan fingerprint density at radius 1 is 1.26 bits per heavy atom. The fourth-order valence-electron chi connectivity index (χ4n) is 1.73. The van der Waals surface area contributed by atoms with Gasteiger partial charge in [0, 0.05) is 11.6 Å². The minimum Gasteiger partial charge on any atom is -0.337 e. The molecule has 1 aromatic heterocycles. The average Bonchev–Trinajstić information content (AvgIpc) is 2.84. The number of benzene rings is 1. The van der Waals surface area contributed by atoms with Crippen LogP contribution in [-0.2, 0) is 0 Å². The number of hydrogen-bond acceptors (Lipinski definition) is 4. The Balaban J connectivity index is 2.20. The molecule has 102 valence electrons. The van der Waals surface area contributed by atoms with Gasteiger partial charge in [-0.3, -0.25) is 0 Å². The van der Waals surface area contributed by atoms with Gasteiger partial charge in [-0.15, -0.1) is 0 Å². The highest BCUT2D eigenvalue weighted by Crippen LogP contribution is 2.21. The van der Waals surface area contributed by atoms with Gasteiger partial charge in [-0.1, -0.05) is 24.9 Å². The SMILES string of the molecule is CCCC[C@H](N)c1nc(-c2cc(F)cc(F)c2)no1. The van der Waals surface area contributed by atoms with E-state index in [0.717, 1.165) is 37.5 Å². The first kappa shape index (κ1) is 13.6. The quantitative estimate of drug-likeness (QED) is 0.903. The molecule has 0 bridgehead atoms. The number of rotatable bonds is 5. The molecule has 0 radical (unpaired) electrons. The van der Waals surface area contributed by atoms with Gasteiger partial charge in [-0.25, -0.2) is 8.78 Å². The Morgan fingerprint density at radius 2 is 1.95 bits per heavy atom. The molecule has 1 heterocycles. The Labute approximate surface area is 109 Å². The number of hydrogen-bond donors (Lipinski definition) is 1. The lowest BCUT2D eigenvalue weighted by Crippen LogP contribution is -2.10. The third-order valence-corrected chi connectivity index (χ3v) is 2.75. The summed E-state index contributed by atoms with van der Waals surface area (Å²) < 4.78 is 31.2. The molecular weight excluding hydrogens is 252 g/mol. The highest BCUT2D eigenvalue weighted by atomic mass is 19.1. The van der Waals surface area contributed by atoms with Crippen molar-refractivity contribution in [2.75, 3.05) is 0 Å². The molecule has 2 rings (SSSR count). The van der Waals surface area contributed by atoms with Crippen LogP contribution in [-0.4, -0.2) is 10.1 Å². The maximum Gasteiger partial charge on any atom is 0.243 e. The van der Waals surface area contributed by atoms with Gasteiger partial charge in [-0.05, 0) is 18.6 Å². The zero-order valence-corrected chi connectivity index (χ0v) is 10.6. The molecule has 6 heteroatoms. The van der Waals surface area contributed by atoms with Gasteiger partial charge in [0.15, 0.2) is 0 Å². The summed E-state index contributed by atoms with van der Waals surface area (Å²) in [6.07, 6.45) is 2.70. The second-order valence-electron chi connectivity index (χ2n) is 4.36. The average molecular weight is 267 g/mol. The van der Waals surface area contributed by atoms with Crippen LogP contribution in [0.2, 0.25) is 0 Å². The molecule has 0 amide bonds. The van der Waals surface area contributed by atoms with Crippen molar-refractivity contribution < 1.29 is 13.3 Å². The number of nitrogens with two attached hydrogens (primary N) is 1. The maximum absolute atomic E-state index is 13.1. The summed E-state index contributed by atoms with van der Waals surface area (Å²) in [5.41, 5.74) is 6.12. The van der Waals surface area contributed by atoms with Crippen LogP contribution in [0.5, 0.6) is 0 Å². The van der Waals surface area contributed by atoms with Crippen molar-refractivity contribution in [1.82, 2.24) is 10.1 Å². The third-order valence-electron chi connectivity index (χ3n) is 2.75. The molecular formula is C13H15F2N3O. The van der Waals surface area contributed by atoms with Gasteiger partial charge in [-0.2, -0.15) is 4.98 Å². The number of unbranched alkanes of at least 4 members (excludes halogenated alkanes) is 1. The molecule has 0 aliphatic heterocycles. The second-order valence-corrected chi connectivity index (χ2v) is 4.36. The van der Waals surface area contributed by atoms with E-state index in [-0.39, 0.29) is 23.3 Å². The molecule has 0 aliphatic carbocycles. The summed E-state index contributed by atoms with van der Waals surface area (Å²) in [4.78, 5) is 4.08. The summed E-state index contributed by atoms with van der Waals surface area (Å²) in [6, 6.07) is 2.74. The number of aromatic nitrogens is 2. The lowest BCUT2D eigenvalue weighted by Gasteiger charge is -2.03. The summed E-state index contributed by atoms with van der Waals surface area (Å²) >= 11 is 0. The standard InChI is InChI=1S/C13H15F2N3O/c1-2-3-4-11(16)13-17-12(18-19-13)8-5-9(14)7-10(15)6-8/h5-7,11H,2-4,16H2,1H3/t11-/m0/s1. The Kier molecular flexibility index (Phi) is 4.21. The van der Waals surface area contributed by atoms with Crippen LogP contribution in [0.15, 0.2) is 22.7 Å². The predicted molar refractivity (Wildman–Crippen MR) is 66.1 cm³/mol. The Morgan fingerprint density at radius 3 is 2.58 bits per heavy atom. The topological polar surface area (TPSA) is 64.9 Å². The zero-order chi connectivity index (χ0) is 13.8. The van der Waals surface area contributed by atoms with Gasteiger partial charge < -0.3 is 10.3 Å². The van der Waals surface area contributed by atoms with Gasteiger partial charge in [0.2, 0.25) is 11.7 Å². The summed E-state index contributed by atoms with van der Waals surface area (Å²) in [5.74, 6) is -0.943. The van der Waals surface area contributed by atoms with E-state index < -0.39 is 11.6 Å². The van der Waals surface area contributed by atoms with Crippen LogP contribution in [0.25, 0.3) is 11.4 Å². The maximum atomic E-state index is 13.1. The first-order valence-corrected chi connectivity index (χ1v) is 6.15. The monoisotopic (exact) mass is 267 g/mol. The molecule has 19 heavy (non-hydrogen) atoms. The minimum atomic E-state index is -0.684. The van der Waals surface area contributed by atoms with Crippen molar-refractivity contribution in [2.45, 2.75) is 32.2 Å². The van der Waals surface area contributed by atoms with Crippen LogP contribution in [0, 0.1) is 11.6 Å². The van der Waals surface area contributed by atoms with Crippen LogP contribution in [0.4, 0.5) is 8.78 Å². The first-order valence-electron chi connectivity index (χ1n) is 6.15. The van der Waals surface area contributed by atoms with Crippen molar-refractivity contribution in [3.63, 3.8) is 0 Å². The van der Waals surface area contributed by atoms with E-state index in [1.807, 2.05) is 0 Å². The molecule has 0 saturated carbocycles. The van der Waals surface area contributed by atoms with Crippen LogP contribution >= 0.6 is 0 Å². The molecule has 0 spiro atoms. The van der Waals surface area contributed by atoms with Crippen LogP contribution < -0.4 is 5.73 Å². The summed E-state index contributed by atoms with van der Waals surface area (Å²) in [7, 11) is 0. The molecule has 0 aliphatic rings. The molecule has 4 nitrogen and oxygen atoms in total. The smallest absolute Gasteiger partial charge is 0.243 e. The highest BCUT2D eigenvalue weighted by Gasteiger charge is 2.16. The Bertz CT molecular complexity index is 536. The van der Waals surface area contributed by atoms with E-state index in [4.69, 9.17) is 10.3 Å². The van der Waals surface area contributed by atoms with Crippen molar-refractivity contribution in [3.05, 3.63) is 35.7 Å². The van der Waals surface area contributed by atoms with E-state index in [9.17, 15) is 8.78 Å². The molecule has 0 unspecified atom stereocenters.